The summed E-state index contributed by atoms with van der Waals surface area (Å²) in [5.74, 6) is -0.698. The molecule has 1 nitrogen and oxygen atoms in total. The lowest BCUT2D eigenvalue weighted by molar-refractivity contribution is 0.0969. The minimum atomic E-state index is -2.50. The van der Waals surface area contributed by atoms with E-state index in [9.17, 15) is 1.37 Å². The van der Waals surface area contributed by atoms with Crippen LogP contribution in [-0.2, 0) is 0 Å². The fraction of sp³-hybridized carbons (Fsp3) is 0.361. The smallest absolute Gasteiger partial charge is 0.0708 e. The van der Waals surface area contributed by atoms with Crippen LogP contribution in [-0.4, -0.2) is 4.98 Å². The van der Waals surface area contributed by atoms with Gasteiger partial charge in [0.05, 0.1) is 5.69 Å². The molecule has 4 aromatic rings. The molecule has 1 aromatic heterocycles. The Hall–Kier alpha value is -3.19. The van der Waals surface area contributed by atoms with E-state index in [2.05, 4.69) is 32.7 Å². The van der Waals surface area contributed by atoms with E-state index in [1.165, 1.54) is 6.20 Å². The highest BCUT2D eigenvalue weighted by Gasteiger charge is 2.38. The summed E-state index contributed by atoms with van der Waals surface area (Å²) < 4.78 is 59.6. The highest BCUT2D eigenvalue weighted by Crippen LogP contribution is 2.51. The molecule has 37 heavy (non-hydrogen) atoms. The summed E-state index contributed by atoms with van der Waals surface area (Å²) in [7, 11) is 0. The van der Waals surface area contributed by atoms with Gasteiger partial charge in [0.25, 0.3) is 0 Å². The molecule has 1 fully saturated rings. The summed E-state index contributed by atoms with van der Waals surface area (Å²) >= 11 is 0. The molecule has 1 aliphatic rings. The summed E-state index contributed by atoms with van der Waals surface area (Å²) in [5, 5.41) is 0. The number of rotatable bonds is 4. The van der Waals surface area contributed by atoms with E-state index < -0.39 is 19.6 Å². The molecule has 1 aliphatic carbocycles. The first-order valence-electron chi connectivity index (χ1n) is 16.6. The Kier molecular flexibility index (Phi) is 4.70. The van der Waals surface area contributed by atoms with Crippen LogP contribution in [0.4, 0.5) is 0 Å². The van der Waals surface area contributed by atoms with Crippen molar-refractivity contribution in [2.24, 2.45) is 10.8 Å². The van der Waals surface area contributed by atoms with Crippen molar-refractivity contribution < 1.29 is 9.60 Å². The van der Waals surface area contributed by atoms with Crippen molar-refractivity contribution in [3.05, 3.63) is 101 Å². The summed E-state index contributed by atoms with van der Waals surface area (Å²) in [5.41, 5.74) is 5.59. The average molecular weight is 495 g/mol. The molecule has 0 spiro atoms. The van der Waals surface area contributed by atoms with Gasteiger partial charge in [-0.1, -0.05) is 94.4 Å². The van der Waals surface area contributed by atoms with Gasteiger partial charge >= 0.3 is 0 Å². The maximum absolute atomic E-state index is 9.45. The fourth-order valence-electron chi connectivity index (χ4n) is 6.48. The molecule has 0 N–H and O–H groups in total. The van der Waals surface area contributed by atoms with Crippen LogP contribution in [0.1, 0.15) is 84.7 Å². The molecule has 0 aliphatic heterocycles. The first-order valence-corrected chi connectivity index (χ1v) is 13.1. The molecular weight excluding hydrogens is 446 g/mol. The van der Waals surface area contributed by atoms with Crippen LogP contribution < -0.4 is 0 Å². The van der Waals surface area contributed by atoms with Gasteiger partial charge in [-0.2, -0.15) is 0 Å². The quantitative estimate of drug-likeness (QED) is 0.275. The normalized spacial score (nSPS) is 21.4. The van der Waals surface area contributed by atoms with Gasteiger partial charge in [-0.25, -0.2) is 0 Å². The first kappa shape index (κ1) is 18.1. The van der Waals surface area contributed by atoms with Gasteiger partial charge in [-0.3, -0.25) is 4.98 Å². The van der Waals surface area contributed by atoms with Crippen LogP contribution >= 0.6 is 0 Å². The topological polar surface area (TPSA) is 12.9 Å². The van der Waals surface area contributed by atoms with Gasteiger partial charge in [0, 0.05) is 21.4 Å². The molecule has 0 bridgehead atoms. The Morgan fingerprint density at radius 1 is 0.757 bits per heavy atom. The van der Waals surface area contributed by atoms with Crippen LogP contribution in [0.2, 0.25) is 0 Å². The zero-order valence-corrected chi connectivity index (χ0v) is 22.6. The SMILES string of the molecule is [2H]C([2H])([2H])c1cnc(-c2ccccc2)cc1-c1c(C)cc(-c2ccc(C3([2H])CC(C)(C)CC(C)(C)C3)cc2)cc1C([2H])([2H])[2H]. The number of hydrogen-bond donors (Lipinski definition) is 0. The lowest BCUT2D eigenvalue weighted by Crippen LogP contribution is -2.32. The highest BCUT2D eigenvalue weighted by molar-refractivity contribution is 5.80. The zero-order valence-electron chi connectivity index (χ0n) is 29.6. The third-order valence-electron chi connectivity index (χ3n) is 7.55. The number of benzene rings is 3. The van der Waals surface area contributed by atoms with Gasteiger partial charge < -0.3 is 0 Å². The monoisotopic (exact) mass is 494 g/mol. The summed E-state index contributed by atoms with van der Waals surface area (Å²) in [6.45, 7) is 5.83. The number of pyridine rings is 1. The Bertz CT molecular complexity index is 1650. The molecule has 3 aromatic carbocycles. The van der Waals surface area contributed by atoms with E-state index in [-0.39, 0.29) is 22.0 Å². The maximum Gasteiger partial charge on any atom is 0.0708 e. The van der Waals surface area contributed by atoms with E-state index in [0.29, 0.717) is 22.4 Å². The molecule has 0 saturated heterocycles. The van der Waals surface area contributed by atoms with E-state index in [4.69, 9.17) is 8.22 Å². The Balaban J connectivity index is 1.63. The van der Waals surface area contributed by atoms with Gasteiger partial charge in [0.2, 0.25) is 0 Å². The summed E-state index contributed by atoms with van der Waals surface area (Å²) in [6.07, 6.45) is 3.99. The van der Waals surface area contributed by atoms with Crippen molar-refractivity contribution >= 4 is 0 Å². The van der Waals surface area contributed by atoms with Crippen molar-refractivity contribution in [1.82, 2.24) is 4.98 Å². The van der Waals surface area contributed by atoms with Crippen LogP contribution in [0.15, 0.2) is 79.0 Å². The molecule has 0 radical (unpaired) electrons. The summed E-state index contributed by atoms with van der Waals surface area (Å²) in [4.78, 5) is 4.44. The highest BCUT2D eigenvalue weighted by atomic mass is 14.7. The second-order valence-corrected chi connectivity index (χ2v) is 12.2. The third-order valence-corrected chi connectivity index (χ3v) is 7.55. The lowest BCUT2D eigenvalue weighted by atomic mass is 9.60. The number of aromatic nitrogens is 1. The molecule has 1 heteroatoms. The second kappa shape index (κ2) is 9.60. The number of nitrogens with zero attached hydrogens (tertiary/aromatic N) is 1. The van der Waals surface area contributed by atoms with E-state index in [0.717, 1.165) is 41.5 Å². The van der Waals surface area contributed by atoms with Gasteiger partial charge in [-0.05, 0) is 107 Å². The van der Waals surface area contributed by atoms with Crippen LogP contribution in [0.3, 0.4) is 0 Å². The van der Waals surface area contributed by atoms with Crippen molar-refractivity contribution in [3.63, 3.8) is 0 Å². The predicted molar refractivity (Wildman–Crippen MR) is 159 cm³/mol. The molecule has 0 unspecified atom stereocenters. The third kappa shape index (κ3) is 5.42. The largest absolute Gasteiger partial charge is 0.256 e. The van der Waals surface area contributed by atoms with Crippen LogP contribution in [0, 0.1) is 31.5 Å². The minimum Gasteiger partial charge on any atom is -0.256 e. The van der Waals surface area contributed by atoms with Crippen molar-refractivity contribution in [2.45, 2.75) is 73.5 Å². The molecule has 0 amide bonds. The molecule has 5 rings (SSSR count). The lowest BCUT2D eigenvalue weighted by Gasteiger charge is -2.45. The van der Waals surface area contributed by atoms with Gasteiger partial charge in [-0.15, -0.1) is 0 Å². The minimum absolute atomic E-state index is 0.0157. The zero-order chi connectivity index (χ0) is 32.3. The Morgan fingerprint density at radius 2 is 1.41 bits per heavy atom. The second-order valence-electron chi connectivity index (χ2n) is 12.2. The standard InChI is InChI=1S/C36H41N/c1-24-17-30(27-13-15-28(16-14-27)31-20-35(4,5)23-36(6,7)21-31)18-25(2)34(24)32-19-33(37-22-26(32)3)29-11-9-8-10-12-29/h8-19,22,31H,20-21,23H2,1-7H3/i1D3,3D3,31D. The molecule has 1 heterocycles. The first-order chi connectivity index (χ1) is 20.3. The van der Waals surface area contributed by atoms with Gasteiger partial charge in [0.15, 0.2) is 0 Å². The molecule has 0 atom stereocenters. The number of aryl methyl sites for hydroxylation is 3. The van der Waals surface area contributed by atoms with Crippen molar-refractivity contribution in [2.75, 3.05) is 0 Å². The average Bonchev–Trinajstić information content (AvgIpc) is 2.90. The van der Waals surface area contributed by atoms with Crippen LogP contribution in [0.25, 0.3) is 33.5 Å². The molecular formula is C36H41N. The molecule has 1 saturated carbocycles. The maximum atomic E-state index is 9.45. The number of hydrogen-bond acceptors (Lipinski definition) is 1. The Morgan fingerprint density at radius 3 is 2.05 bits per heavy atom. The van der Waals surface area contributed by atoms with E-state index in [1.54, 1.807) is 12.1 Å². The van der Waals surface area contributed by atoms with Crippen molar-refractivity contribution in [3.8, 4) is 33.5 Å². The summed E-state index contributed by atoms with van der Waals surface area (Å²) in [6, 6.07) is 22.7. The van der Waals surface area contributed by atoms with E-state index in [1.807, 2.05) is 67.6 Å². The fourth-order valence-corrected chi connectivity index (χ4v) is 6.48. The predicted octanol–water partition coefficient (Wildman–Crippen LogP) is 10.3. The van der Waals surface area contributed by atoms with E-state index >= 15 is 0 Å². The van der Waals surface area contributed by atoms with Crippen LogP contribution in [0.5, 0.6) is 0 Å². The molecule has 190 valence electrons. The Labute approximate surface area is 233 Å². The van der Waals surface area contributed by atoms with Crippen molar-refractivity contribution in [1.29, 1.82) is 0 Å². The van der Waals surface area contributed by atoms with Gasteiger partial charge in [0.1, 0.15) is 0 Å².